The van der Waals surface area contributed by atoms with E-state index in [-0.39, 0.29) is 17.9 Å². The van der Waals surface area contributed by atoms with Crippen LogP contribution in [0.3, 0.4) is 0 Å². The van der Waals surface area contributed by atoms with Crippen LogP contribution in [-0.2, 0) is 16.0 Å². The summed E-state index contributed by atoms with van der Waals surface area (Å²) < 4.78 is 11.3. The summed E-state index contributed by atoms with van der Waals surface area (Å²) in [6.45, 7) is 5.54. The molecule has 130 valence electrons. The second-order valence-electron chi connectivity index (χ2n) is 6.24. The van der Waals surface area contributed by atoms with E-state index >= 15 is 0 Å². The predicted molar refractivity (Wildman–Crippen MR) is 90.9 cm³/mol. The maximum atomic E-state index is 12.6. The van der Waals surface area contributed by atoms with Crippen molar-refractivity contribution in [1.82, 2.24) is 15.1 Å². The minimum atomic E-state index is -0.270. The van der Waals surface area contributed by atoms with E-state index in [9.17, 15) is 4.79 Å². The zero-order chi connectivity index (χ0) is 16.9. The number of morpholine rings is 1. The van der Waals surface area contributed by atoms with Crippen LogP contribution in [0.5, 0.6) is 0 Å². The maximum Gasteiger partial charge on any atom is 0.241 e. The SMILES string of the molecule is CC(C)c1nnc([C@H]2COCCN2C(=O)CCCc2cccs2)o1. The number of hydrogen-bond donors (Lipinski definition) is 0. The molecule has 3 heterocycles. The highest BCUT2D eigenvalue weighted by molar-refractivity contribution is 7.09. The number of hydrogen-bond acceptors (Lipinski definition) is 6. The van der Waals surface area contributed by atoms with E-state index < -0.39 is 0 Å². The molecule has 0 aliphatic carbocycles. The van der Waals surface area contributed by atoms with Gasteiger partial charge in [-0.1, -0.05) is 19.9 Å². The lowest BCUT2D eigenvalue weighted by Gasteiger charge is -2.33. The molecule has 1 aliphatic rings. The fourth-order valence-electron chi connectivity index (χ4n) is 2.73. The number of rotatable bonds is 6. The number of ether oxygens (including phenoxy) is 1. The van der Waals surface area contributed by atoms with E-state index in [1.807, 2.05) is 24.8 Å². The highest BCUT2D eigenvalue weighted by Gasteiger charge is 2.32. The standard InChI is InChI=1S/C17H23N3O3S/c1-12(2)16-18-19-17(23-16)14-11-22-9-8-20(14)15(21)7-3-5-13-6-4-10-24-13/h4,6,10,12,14H,3,5,7-9,11H2,1-2H3/t14-/m1/s1. The minimum absolute atomic E-state index is 0.129. The molecule has 1 saturated heterocycles. The maximum absolute atomic E-state index is 12.6. The van der Waals surface area contributed by atoms with Gasteiger partial charge in [-0.25, -0.2) is 0 Å². The van der Waals surface area contributed by atoms with Crippen molar-refractivity contribution >= 4 is 17.2 Å². The van der Waals surface area contributed by atoms with Crippen LogP contribution < -0.4 is 0 Å². The molecule has 0 saturated carbocycles. The summed E-state index contributed by atoms with van der Waals surface area (Å²) in [5, 5.41) is 10.3. The first-order valence-corrected chi connectivity index (χ1v) is 9.26. The molecule has 7 heteroatoms. The van der Waals surface area contributed by atoms with Crippen LogP contribution in [0, 0.1) is 0 Å². The van der Waals surface area contributed by atoms with Gasteiger partial charge in [0, 0.05) is 23.8 Å². The van der Waals surface area contributed by atoms with Crippen molar-refractivity contribution in [3.05, 3.63) is 34.2 Å². The van der Waals surface area contributed by atoms with Gasteiger partial charge in [-0.15, -0.1) is 21.5 Å². The first kappa shape index (κ1) is 17.1. The molecule has 0 aromatic carbocycles. The molecule has 0 spiro atoms. The minimum Gasteiger partial charge on any atom is -0.423 e. The molecule has 24 heavy (non-hydrogen) atoms. The van der Waals surface area contributed by atoms with Gasteiger partial charge in [0.15, 0.2) is 0 Å². The third-order valence-corrected chi connectivity index (χ3v) is 5.01. The van der Waals surface area contributed by atoms with Crippen LogP contribution in [0.15, 0.2) is 21.9 Å². The first-order valence-electron chi connectivity index (χ1n) is 8.38. The van der Waals surface area contributed by atoms with Crippen molar-refractivity contribution < 1.29 is 13.9 Å². The normalized spacial score (nSPS) is 18.3. The molecule has 1 fully saturated rings. The Hall–Kier alpha value is -1.73. The van der Waals surface area contributed by atoms with E-state index in [4.69, 9.17) is 9.15 Å². The molecule has 0 bridgehead atoms. The Bertz CT molecular complexity index is 654. The van der Waals surface area contributed by atoms with Crippen molar-refractivity contribution in [3.63, 3.8) is 0 Å². The summed E-state index contributed by atoms with van der Waals surface area (Å²) in [4.78, 5) is 15.8. The molecule has 2 aromatic rings. The Labute approximate surface area is 145 Å². The van der Waals surface area contributed by atoms with E-state index in [2.05, 4.69) is 21.6 Å². The van der Waals surface area contributed by atoms with Gasteiger partial charge in [0.25, 0.3) is 0 Å². The van der Waals surface area contributed by atoms with Gasteiger partial charge in [0.2, 0.25) is 17.7 Å². The fraction of sp³-hybridized carbons (Fsp3) is 0.588. The smallest absolute Gasteiger partial charge is 0.241 e. The van der Waals surface area contributed by atoms with Crippen LogP contribution >= 0.6 is 11.3 Å². The van der Waals surface area contributed by atoms with E-state index in [0.29, 0.717) is 38.0 Å². The number of thiophene rings is 1. The Morgan fingerprint density at radius 2 is 2.33 bits per heavy atom. The molecule has 1 amide bonds. The summed E-state index contributed by atoms with van der Waals surface area (Å²) in [5.41, 5.74) is 0. The van der Waals surface area contributed by atoms with Crippen LogP contribution in [-0.4, -0.2) is 40.8 Å². The van der Waals surface area contributed by atoms with Gasteiger partial charge in [-0.2, -0.15) is 0 Å². The highest BCUT2D eigenvalue weighted by Crippen LogP contribution is 2.26. The predicted octanol–water partition coefficient (Wildman–Crippen LogP) is 3.18. The molecule has 0 radical (unpaired) electrons. The molecule has 3 rings (SSSR count). The van der Waals surface area contributed by atoms with Crippen molar-refractivity contribution in [1.29, 1.82) is 0 Å². The van der Waals surface area contributed by atoms with Crippen molar-refractivity contribution in [3.8, 4) is 0 Å². The van der Waals surface area contributed by atoms with E-state index in [1.54, 1.807) is 11.3 Å². The number of carbonyl (C=O) groups excluding carboxylic acids is 1. The number of aryl methyl sites for hydroxylation is 1. The highest BCUT2D eigenvalue weighted by atomic mass is 32.1. The first-order chi connectivity index (χ1) is 11.6. The average molecular weight is 349 g/mol. The van der Waals surface area contributed by atoms with Crippen molar-refractivity contribution in [2.45, 2.75) is 45.1 Å². The topological polar surface area (TPSA) is 68.5 Å². The molecule has 6 nitrogen and oxygen atoms in total. The lowest BCUT2D eigenvalue weighted by molar-refractivity contribution is -0.141. The van der Waals surface area contributed by atoms with Gasteiger partial charge in [-0.3, -0.25) is 4.79 Å². The third-order valence-electron chi connectivity index (χ3n) is 4.08. The molecule has 1 aliphatic heterocycles. The average Bonchev–Trinajstić information content (AvgIpc) is 3.26. The number of aromatic nitrogens is 2. The lowest BCUT2D eigenvalue weighted by atomic mass is 10.1. The van der Waals surface area contributed by atoms with Gasteiger partial charge < -0.3 is 14.1 Å². The third kappa shape index (κ3) is 4.02. The Balaban J connectivity index is 1.61. The lowest BCUT2D eigenvalue weighted by Crippen LogP contribution is -2.43. The molecular formula is C17H23N3O3S. The van der Waals surface area contributed by atoms with Crippen LogP contribution in [0.1, 0.15) is 55.3 Å². The van der Waals surface area contributed by atoms with Gasteiger partial charge in [0.05, 0.1) is 13.2 Å². The molecular weight excluding hydrogens is 326 g/mol. The Morgan fingerprint density at radius 3 is 3.04 bits per heavy atom. The molecule has 1 atom stereocenters. The van der Waals surface area contributed by atoms with Crippen LogP contribution in [0.4, 0.5) is 0 Å². The number of amides is 1. The molecule has 0 unspecified atom stereocenters. The number of nitrogens with zero attached hydrogens (tertiary/aromatic N) is 3. The molecule has 0 N–H and O–H groups in total. The quantitative estimate of drug-likeness (QED) is 0.801. The summed E-state index contributed by atoms with van der Waals surface area (Å²) in [5.74, 6) is 1.38. The van der Waals surface area contributed by atoms with Crippen LogP contribution in [0.25, 0.3) is 0 Å². The number of carbonyl (C=O) groups is 1. The van der Waals surface area contributed by atoms with E-state index in [0.717, 1.165) is 12.8 Å². The zero-order valence-electron chi connectivity index (χ0n) is 14.1. The van der Waals surface area contributed by atoms with Crippen molar-refractivity contribution in [2.75, 3.05) is 19.8 Å². The summed E-state index contributed by atoms with van der Waals surface area (Å²) in [7, 11) is 0. The van der Waals surface area contributed by atoms with Gasteiger partial charge in [0.1, 0.15) is 6.04 Å². The van der Waals surface area contributed by atoms with Gasteiger partial charge >= 0.3 is 0 Å². The van der Waals surface area contributed by atoms with Crippen LogP contribution in [0.2, 0.25) is 0 Å². The molecule has 2 aromatic heterocycles. The monoisotopic (exact) mass is 349 g/mol. The largest absolute Gasteiger partial charge is 0.423 e. The second kappa shape index (κ2) is 7.90. The second-order valence-corrected chi connectivity index (χ2v) is 7.28. The van der Waals surface area contributed by atoms with Gasteiger partial charge in [-0.05, 0) is 24.3 Å². The fourth-order valence-corrected chi connectivity index (χ4v) is 3.48. The Kier molecular flexibility index (Phi) is 5.63. The summed E-state index contributed by atoms with van der Waals surface area (Å²) in [6, 6.07) is 3.88. The zero-order valence-corrected chi connectivity index (χ0v) is 14.9. The Morgan fingerprint density at radius 1 is 1.46 bits per heavy atom. The van der Waals surface area contributed by atoms with E-state index in [1.165, 1.54) is 4.88 Å². The summed E-state index contributed by atoms with van der Waals surface area (Å²) in [6.07, 6.45) is 2.32. The summed E-state index contributed by atoms with van der Waals surface area (Å²) >= 11 is 1.73. The van der Waals surface area contributed by atoms with Crippen molar-refractivity contribution in [2.24, 2.45) is 0 Å².